The predicted molar refractivity (Wildman–Crippen MR) is 70.7 cm³/mol. The number of rotatable bonds is 4. The third kappa shape index (κ3) is 5.27. The Hall–Kier alpha value is -1.42. The molecule has 0 aliphatic carbocycles. The van der Waals surface area contributed by atoms with Gasteiger partial charge in [0.25, 0.3) is 0 Å². The van der Waals surface area contributed by atoms with Crippen LogP contribution >= 0.6 is 0 Å². The topological polar surface area (TPSA) is 41.1 Å². The van der Waals surface area contributed by atoms with E-state index in [0.29, 0.717) is 6.54 Å². The summed E-state index contributed by atoms with van der Waals surface area (Å²) in [6.45, 7) is 8.44. The van der Waals surface area contributed by atoms with Gasteiger partial charge in [-0.05, 0) is 51.0 Å². The van der Waals surface area contributed by atoms with Crippen LogP contribution in [0.25, 0.3) is 0 Å². The summed E-state index contributed by atoms with van der Waals surface area (Å²) in [5.41, 5.74) is 1.66. The minimum atomic E-state index is -0.253. The van der Waals surface area contributed by atoms with Crippen molar-refractivity contribution in [3.63, 3.8) is 0 Å². The first kappa shape index (κ1) is 14.6. The Morgan fingerprint density at radius 1 is 1.33 bits per heavy atom. The SMILES string of the molecule is Cc1ccc(F)cc1CNCC(=O)NC(C)(C)C. The molecule has 0 spiro atoms. The molecule has 1 amide bonds. The van der Waals surface area contributed by atoms with Crippen LogP contribution in [0.5, 0.6) is 0 Å². The first-order chi connectivity index (χ1) is 8.28. The van der Waals surface area contributed by atoms with Crippen LogP contribution < -0.4 is 10.6 Å². The summed E-state index contributed by atoms with van der Waals surface area (Å²) >= 11 is 0. The molecule has 0 unspecified atom stereocenters. The Bertz CT molecular complexity index is 424. The van der Waals surface area contributed by atoms with E-state index < -0.39 is 0 Å². The van der Waals surface area contributed by atoms with E-state index in [4.69, 9.17) is 0 Å². The lowest BCUT2D eigenvalue weighted by molar-refractivity contribution is -0.121. The summed E-state index contributed by atoms with van der Waals surface area (Å²) in [6.07, 6.45) is 0. The molecule has 0 heterocycles. The van der Waals surface area contributed by atoms with Crippen LogP contribution in [0.2, 0.25) is 0 Å². The highest BCUT2D eigenvalue weighted by molar-refractivity contribution is 5.78. The number of aryl methyl sites for hydroxylation is 1. The molecule has 100 valence electrons. The summed E-state index contributed by atoms with van der Waals surface area (Å²) in [7, 11) is 0. The van der Waals surface area contributed by atoms with Gasteiger partial charge in [0.15, 0.2) is 0 Å². The highest BCUT2D eigenvalue weighted by Gasteiger charge is 2.13. The standard InChI is InChI=1S/C14H21FN2O/c1-10-5-6-12(15)7-11(10)8-16-9-13(18)17-14(2,3)4/h5-7,16H,8-9H2,1-4H3,(H,17,18). The minimum absolute atomic E-state index is 0.0587. The molecule has 1 rings (SSSR count). The molecule has 0 aliphatic rings. The van der Waals surface area contributed by atoms with Crippen LogP contribution in [-0.2, 0) is 11.3 Å². The van der Waals surface area contributed by atoms with Gasteiger partial charge in [-0.15, -0.1) is 0 Å². The van der Waals surface area contributed by atoms with Crippen LogP contribution in [0.1, 0.15) is 31.9 Å². The molecule has 0 bridgehead atoms. The maximum atomic E-state index is 13.0. The van der Waals surface area contributed by atoms with E-state index >= 15 is 0 Å². The van der Waals surface area contributed by atoms with Crippen molar-refractivity contribution in [3.05, 3.63) is 35.1 Å². The number of halogens is 1. The van der Waals surface area contributed by atoms with E-state index in [9.17, 15) is 9.18 Å². The zero-order chi connectivity index (χ0) is 13.8. The molecule has 0 fully saturated rings. The second kappa shape index (κ2) is 5.96. The van der Waals surface area contributed by atoms with Gasteiger partial charge in [0.2, 0.25) is 5.91 Å². The van der Waals surface area contributed by atoms with Crippen LogP contribution in [0.4, 0.5) is 4.39 Å². The second-order valence-electron chi connectivity index (χ2n) is 5.47. The molecule has 0 saturated carbocycles. The monoisotopic (exact) mass is 252 g/mol. The van der Waals surface area contributed by atoms with Crippen LogP contribution in [0.15, 0.2) is 18.2 Å². The molecule has 0 radical (unpaired) electrons. The molecule has 0 aliphatic heterocycles. The molecule has 3 nitrogen and oxygen atoms in total. The van der Waals surface area contributed by atoms with Gasteiger partial charge in [0.1, 0.15) is 5.82 Å². The minimum Gasteiger partial charge on any atom is -0.350 e. The zero-order valence-electron chi connectivity index (χ0n) is 11.4. The molecule has 18 heavy (non-hydrogen) atoms. The van der Waals surface area contributed by atoms with Crippen molar-refractivity contribution in [2.75, 3.05) is 6.54 Å². The number of carbonyl (C=O) groups is 1. The average molecular weight is 252 g/mol. The Kier molecular flexibility index (Phi) is 4.84. The van der Waals surface area contributed by atoms with Crippen LogP contribution in [0, 0.1) is 12.7 Å². The Labute approximate surface area is 108 Å². The number of hydrogen-bond acceptors (Lipinski definition) is 2. The summed E-state index contributed by atoms with van der Waals surface area (Å²) in [5.74, 6) is -0.312. The molecule has 0 aromatic heterocycles. The smallest absolute Gasteiger partial charge is 0.234 e. The van der Waals surface area contributed by atoms with Crippen LogP contribution in [0.3, 0.4) is 0 Å². The molecule has 1 aromatic carbocycles. The first-order valence-electron chi connectivity index (χ1n) is 6.05. The molecule has 0 saturated heterocycles. The Morgan fingerprint density at radius 2 is 2.00 bits per heavy atom. The van der Waals surface area contributed by atoms with Gasteiger partial charge in [-0.3, -0.25) is 4.79 Å². The van der Waals surface area contributed by atoms with Crippen LogP contribution in [-0.4, -0.2) is 18.0 Å². The number of hydrogen-bond donors (Lipinski definition) is 2. The first-order valence-corrected chi connectivity index (χ1v) is 6.05. The lowest BCUT2D eigenvalue weighted by Crippen LogP contribution is -2.44. The lowest BCUT2D eigenvalue weighted by Gasteiger charge is -2.20. The molecule has 0 atom stereocenters. The summed E-state index contributed by atoms with van der Waals surface area (Å²) in [4.78, 5) is 11.6. The quantitative estimate of drug-likeness (QED) is 0.862. The summed E-state index contributed by atoms with van der Waals surface area (Å²) < 4.78 is 13.0. The zero-order valence-corrected chi connectivity index (χ0v) is 11.4. The predicted octanol–water partition coefficient (Wildman–Crippen LogP) is 2.14. The van der Waals surface area contributed by atoms with Gasteiger partial charge in [0.05, 0.1) is 6.54 Å². The fraction of sp³-hybridized carbons (Fsp3) is 0.500. The largest absolute Gasteiger partial charge is 0.350 e. The maximum absolute atomic E-state index is 13.0. The van der Waals surface area contributed by atoms with E-state index in [1.807, 2.05) is 27.7 Å². The fourth-order valence-electron chi connectivity index (χ4n) is 1.60. The number of carbonyl (C=O) groups excluding carboxylic acids is 1. The van der Waals surface area contributed by atoms with E-state index in [1.54, 1.807) is 6.07 Å². The van der Waals surface area contributed by atoms with Gasteiger partial charge >= 0.3 is 0 Å². The van der Waals surface area contributed by atoms with Gasteiger partial charge < -0.3 is 10.6 Å². The van der Waals surface area contributed by atoms with Crippen molar-refractivity contribution in [2.45, 2.75) is 39.8 Å². The average Bonchev–Trinajstić information content (AvgIpc) is 2.20. The molecular weight excluding hydrogens is 231 g/mol. The molecule has 4 heteroatoms. The third-order valence-electron chi connectivity index (χ3n) is 2.43. The van der Waals surface area contributed by atoms with Crippen molar-refractivity contribution in [1.82, 2.24) is 10.6 Å². The summed E-state index contributed by atoms with van der Waals surface area (Å²) in [5, 5.41) is 5.87. The fourth-order valence-corrected chi connectivity index (χ4v) is 1.60. The number of benzene rings is 1. The highest BCUT2D eigenvalue weighted by Crippen LogP contribution is 2.09. The van der Waals surface area contributed by atoms with E-state index in [2.05, 4.69) is 10.6 Å². The van der Waals surface area contributed by atoms with Gasteiger partial charge in [-0.2, -0.15) is 0 Å². The van der Waals surface area contributed by atoms with Crippen molar-refractivity contribution in [3.8, 4) is 0 Å². The molecule has 2 N–H and O–H groups in total. The van der Waals surface area contributed by atoms with Gasteiger partial charge in [-0.25, -0.2) is 4.39 Å². The van der Waals surface area contributed by atoms with E-state index in [1.165, 1.54) is 12.1 Å². The second-order valence-corrected chi connectivity index (χ2v) is 5.47. The molecular formula is C14H21FN2O. The molecule has 1 aromatic rings. The normalized spacial score (nSPS) is 11.4. The van der Waals surface area contributed by atoms with E-state index in [-0.39, 0.29) is 23.8 Å². The Balaban J connectivity index is 2.42. The summed E-state index contributed by atoms with van der Waals surface area (Å²) in [6, 6.07) is 4.66. The Morgan fingerprint density at radius 3 is 2.61 bits per heavy atom. The third-order valence-corrected chi connectivity index (χ3v) is 2.43. The van der Waals surface area contributed by atoms with Crippen molar-refractivity contribution in [1.29, 1.82) is 0 Å². The van der Waals surface area contributed by atoms with E-state index in [0.717, 1.165) is 11.1 Å². The van der Waals surface area contributed by atoms with Crippen molar-refractivity contribution < 1.29 is 9.18 Å². The van der Waals surface area contributed by atoms with Crippen molar-refractivity contribution in [2.24, 2.45) is 0 Å². The maximum Gasteiger partial charge on any atom is 0.234 e. The number of nitrogens with one attached hydrogen (secondary N) is 2. The van der Waals surface area contributed by atoms with Gasteiger partial charge in [0, 0.05) is 12.1 Å². The van der Waals surface area contributed by atoms with Gasteiger partial charge in [-0.1, -0.05) is 6.07 Å². The lowest BCUT2D eigenvalue weighted by atomic mass is 10.1. The number of amides is 1. The van der Waals surface area contributed by atoms with Crippen molar-refractivity contribution >= 4 is 5.91 Å². The highest BCUT2D eigenvalue weighted by atomic mass is 19.1.